The first-order chi connectivity index (χ1) is 12.4. The molecular weight excluding hydrogens is 364 g/mol. The first-order valence-electron chi connectivity index (χ1n) is 7.61. The third-order valence-electron chi connectivity index (χ3n) is 3.73. The second kappa shape index (κ2) is 7.18. The van der Waals surface area contributed by atoms with E-state index >= 15 is 0 Å². The van der Waals surface area contributed by atoms with E-state index in [4.69, 9.17) is 14.2 Å². The molecule has 0 amide bonds. The van der Waals surface area contributed by atoms with Gasteiger partial charge in [0.05, 0.1) is 16.9 Å². The van der Waals surface area contributed by atoms with Gasteiger partial charge in [0.2, 0.25) is 10.0 Å². The van der Waals surface area contributed by atoms with Gasteiger partial charge in [-0.3, -0.25) is 10.1 Å². The van der Waals surface area contributed by atoms with Crippen LogP contribution in [0.1, 0.15) is 5.56 Å². The lowest BCUT2D eigenvalue weighted by atomic mass is 10.2. The van der Waals surface area contributed by atoms with Crippen molar-refractivity contribution in [1.29, 1.82) is 0 Å². The largest absolute Gasteiger partial charge is 0.490 e. The van der Waals surface area contributed by atoms with Gasteiger partial charge >= 0.3 is 5.69 Å². The minimum Gasteiger partial charge on any atom is -0.490 e. The summed E-state index contributed by atoms with van der Waals surface area (Å²) in [6.45, 7) is 0.895. The third kappa shape index (κ3) is 3.70. The summed E-state index contributed by atoms with van der Waals surface area (Å²) >= 11 is 0. The molecule has 1 aliphatic heterocycles. The van der Waals surface area contributed by atoms with E-state index in [9.17, 15) is 18.5 Å². The van der Waals surface area contributed by atoms with Gasteiger partial charge in [-0.1, -0.05) is 6.07 Å². The van der Waals surface area contributed by atoms with Crippen LogP contribution in [0.15, 0.2) is 41.3 Å². The lowest BCUT2D eigenvalue weighted by Crippen LogP contribution is -2.23. The van der Waals surface area contributed by atoms with Gasteiger partial charge < -0.3 is 14.2 Å². The Balaban J connectivity index is 1.79. The summed E-state index contributed by atoms with van der Waals surface area (Å²) in [5.41, 5.74) is 0.246. The van der Waals surface area contributed by atoms with E-state index in [1.807, 2.05) is 0 Å². The summed E-state index contributed by atoms with van der Waals surface area (Å²) in [4.78, 5) is 10.1. The predicted octanol–water partition coefficient (Wildman–Crippen LogP) is 1.85. The number of nitro groups is 1. The van der Waals surface area contributed by atoms with E-state index in [0.29, 0.717) is 30.3 Å². The predicted molar refractivity (Wildman–Crippen MR) is 91.1 cm³/mol. The van der Waals surface area contributed by atoms with Crippen molar-refractivity contribution in [2.24, 2.45) is 0 Å². The number of sulfonamides is 1. The number of rotatable bonds is 6. The molecule has 0 spiro atoms. The van der Waals surface area contributed by atoms with E-state index in [0.717, 1.165) is 6.07 Å². The van der Waals surface area contributed by atoms with Crippen LogP contribution in [0.3, 0.4) is 0 Å². The van der Waals surface area contributed by atoms with Crippen LogP contribution in [-0.4, -0.2) is 33.7 Å². The van der Waals surface area contributed by atoms with Crippen molar-refractivity contribution in [1.82, 2.24) is 4.72 Å². The zero-order chi connectivity index (χ0) is 18.7. The fourth-order valence-electron chi connectivity index (χ4n) is 2.44. The molecule has 1 aliphatic rings. The first-order valence-corrected chi connectivity index (χ1v) is 9.09. The molecule has 0 unspecified atom stereocenters. The molecular formula is C16H16N2O7S. The van der Waals surface area contributed by atoms with Crippen LogP contribution in [-0.2, 0) is 16.6 Å². The average Bonchev–Trinajstić information content (AvgIpc) is 2.65. The SMILES string of the molecule is COc1ccc(S(=O)(=O)NCc2ccc3c(c2)OCCO3)cc1[N+](=O)[O-]. The Morgan fingerprint density at radius 3 is 2.58 bits per heavy atom. The van der Waals surface area contributed by atoms with E-state index in [1.165, 1.54) is 19.2 Å². The molecule has 138 valence electrons. The lowest BCUT2D eigenvalue weighted by Gasteiger charge is -2.19. The number of nitrogens with one attached hydrogen (secondary N) is 1. The summed E-state index contributed by atoms with van der Waals surface area (Å²) in [6, 6.07) is 8.57. The molecule has 0 saturated carbocycles. The molecule has 26 heavy (non-hydrogen) atoms. The van der Waals surface area contributed by atoms with Crippen LogP contribution < -0.4 is 18.9 Å². The van der Waals surface area contributed by atoms with Gasteiger partial charge in [-0.05, 0) is 29.8 Å². The van der Waals surface area contributed by atoms with E-state index in [-0.39, 0.29) is 17.2 Å². The lowest BCUT2D eigenvalue weighted by molar-refractivity contribution is -0.386. The number of nitrogens with zero attached hydrogens (tertiary/aromatic N) is 1. The van der Waals surface area contributed by atoms with E-state index in [1.54, 1.807) is 18.2 Å². The molecule has 0 saturated heterocycles. The normalized spacial score (nSPS) is 13.3. The maximum atomic E-state index is 12.4. The van der Waals surface area contributed by atoms with Gasteiger partial charge in [0.25, 0.3) is 0 Å². The molecule has 1 N–H and O–H groups in total. The van der Waals surface area contributed by atoms with Crippen molar-refractivity contribution in [3.8, 4) is 17.2 Å². The molecule has 0 fully saturated rings. The molecule has 10 heteroatoms. The molecule has 3 rings (SSSR count). The number of methoxy groups -OCH3 is 1. The monoisotopic (exact) mass is 380 g/mol. The van der Waals surface area contributed by atoms with Crippen LogP contribution in [0.2, 0.25) is 0 Å². The quantitative estimate of drug-likeness (QED) is 0.600. The molecule has 0 aromatic heterocycles. The fraction of sp³-hybridized carbons (Fsp3) is 0.250. The van der Waals surface area contributed by atoms with Crippen molar-refractivity contribution >= 4 is 15.7 Å². The van der Waals surface area contributed by atoms with Crippen molar-refractivity contribution in [2.75, 3.05) is 20.3 Å². The number of hydrogen-bond donors (Lipinski definition) is 1. The molecule has 0 aliphatic carbocycles. The van der Waals surface area contributed by atoms with Gasteiger partial charge in [-0.25, -0.2) is 13.1 Å². The van der Waals surface area contributed by atoms with Gasteiger partial charge in [-0.15, -0.1) is 0 Å². The summed E-state index contributed by atoms with van der Waals surface area (Å²) in [7, 11) is -2.67. The summed E-state index contributed by atoms with van der Waals surface area (Å²) in [6.07, 6.45) is 0. The fourth-order valence-corrected chi connectivity index (χ4v) is 3.48. The molecule has 2 aromatic carbocycles. The van der Waals surface area contributed by atoms with Crippen LogP contribution in [0.5, 0.6) is 17.2 Å². The van der Waals surface area contributed by atoms with Crippen molar-refractivity contribution in [3.05, 3.63) is 52.1 Å². The van der Waals surface area contributed by atoms with Gasteiger partial charge in [-0.2, -0.15) is 0 Å². The van der Waals surface area contributed by atoms with Gasteiger partial charge in [0.1, 0.15) is 13.2 Å². The molecule has 9 nitrogen and oxygen atoms in total. The summed E-state index contributed by atoms with van der Waals surface area (Å²) in [5.74, 6) is 1.14. The maximum absolute atomic E-state index is 12.4. The van der Waals surface area contributed by atoms with Crippen LogP contribution in [0.4, 0.5) is 5.69 Å². The smallest absolute Gasteiger partial charge is 0.312 e. The van der Waals surface area contributed by atoms with Crippen molar-refractivity contribution in [3.63, 3.8) is 0 Å². The Morgan fingerprint density at radius 2 is 1.88 bits per heavy atom. The highest BCUT2D eigenvalue weighted by molar-refractivity contribution is 7.89. The van der Waals surface area contributed by atoms with E-state index < -0.39 is 20.6 Å². The molecule has 0 bridgehead atoms. The highest BCUT2D eigenvalue weighted by atomic mass is 32.2. The minimum absolute atomic E-state index is 0.00119. The number of benzene rings is 2. The van der Waals surface area contributed by atoms with Crippen molar-refractivity contribution in [2.45, 2.75) is 11.4 Å². The molecule has 2 aromatic rings. The number of hydrogen-bond acceptors (Lipinski definition) is 7. The van der Waals surface area contributed by atoms with Gasteiger partial charge in [0, 0.05) is 12.6 Å². The molecule has 0 atom stereocenters. The van der Waals surface area contributed by atoms with Crippen LogP contribution in [0.25, 0.3) is 0 Å². The highest BCUT2D eigenvalue weighted by Gasteiger charge is 2.22. The Kier molecular flexibility index (Phi) is 4.96. The number of nitro benzene ring substituents is 1. The average molecular weight is 380 g/mol. The Hall–Kier alpha value is -2.85. The molecule has 1 heterocycles. The van der Waals surface area contributed by atoms with Crippen LogP contribution in [0, 0.1) is 10.1 Å². The zero-order valence-corrected chi connectivity index (χ0v) is 14.6. The highest BCUT2D eigenvalue weighted by Crippen LogP contribution is 2.31. The summed E-state index contributed by atoms with van der Waals surface area (Å²) < 4.78 is 43.0. The topological polar surface area (TPSA) is 117 Å². The first kappa shape index (κ1) is 18.0. The third-order valence-corrected chi connectivity index (χ3v) is 5.13. The minimum atomic E-state index is -3.94. The van der Waals surface area contributed by atoms with Crippen molar-refractivity contribution < 1.29 is 27.6 Å². The Bertz CT molecular complexity index is 944. The Morgan fingerprint density at radius 1 is 1.15 bits per heavy atom. The Labute approximate surface area is 149 Å². The molecule has 0 radical (unpaired) electrons. The van der Waals surface area contributed by atoms with Crippen LogP contribution >= 0.6 is 0 Å². The number of fused-ring (bicyclic) bond motifs is 1. The van der Waals surface area contributed by atoms with E-state index in [2.05, 4.69) is 4.72 Å². The zero-order valence-electron chi connectivity index (χ0n) is 13.8. The summed E-state index contributed by atoms with van der Waals surface area (Å²) in [5, 5.41) is 11.1. The standard InChI is InChI=1S/C16H16N2O7S/c1-23-14-5-3-12(9-13(14)18(19)20)26(21,22)17-10-11-2-4-15-16(8-11)25-7-6-24-15/h2-5,8-9,17H,6-7,10H2,1H3. The number of ether oxygens (including phenoxy) is 3. The second-order valence-corrected chi connectivity index (χ2v) is 7.16. The van der Waals surface area contributed by atoms with Gasteiger partial charge in [0.15, 0.2) is 17.2 Å². The second-order valence-electron chi connectivity index (χ2n) is 5.39. The maximum Gasteiger partial charge on any atom is 0.312 e.